The standard InChI is InChI=1S/C25H36N2O3.ClH/c1-19(2)21-18-23(28)20(3)17-25(21)30-16-8-7-11-26-12-14-27(15-13-26)22-9-5-6-10-24(22)29-4;/h5-6,9-10,17-19,28H,7-8,11-16H2,1-4H3;1H. The molecule has 1 heterocycles. The summed E-state index contributed by atoms with van der Waals surface area (Å²) in [4.78, 5) is 4.95. The Kier molecular flexibility index (Phi) is 9.79. The third-order valence-electron chi connectivity index (χ3n) is 5.87. The van der Waals surface area contributed by atoms with Crippen LogP contribution < -0.4 is 14.4 Å². The lowest BCUT2D eigenvalue weighted by molar-refractivity contribution is 0.237. The van der Waals surface area contributed by atoms with E-state index in [1.54, 1.807) is 7.11 Å². The zero-order chi connectivity index (χ0) is 21.5. The first kappa shape index (κ1) is 25.2. The van der Waals surface area contributed by atoms with Crippen molar-refractivity contribution in [2.45, 2.75) is 39.5 Å². The van der Waals surface area contributed by atoms with Crippen molar-refractivity contribution in [1.29, 1.82) is 0 Å². The molecule has 0 aliphatic carbocycles. The van der Waals surface area contributed by atoms with E-state index in [4.69, 9.17) is 9.47 Å². The predicted molar refractivity (Wildman–Crippen MR) is 131 cm³/mol. The lowest BCUT2D eigenvalue weighted by Gasteiger charge is -2.36. The van der Waals surface area contributed by atoms with E-state index in [2.05, 4.69) is 35.8 Å². The zero-order valence-corrected chi connectivity index (χ0v) is 20.1. The molecule has 172 valence electrons. The van der Waals surface area contributed by atoms with Crippen LogP contribution in [0.2, 0.25) is 0 Å². The molecule has 1 N–H and O–H groups in total. The lowest BCUT2D eigenvalue weighted by Crippen LogP contribution is -2.46. The molecule has 2 aromatic rings. The summed E-state index contributed by atoms with van der Waals surface area (Å²) >= 11 is 0. The maximum Gasteiger partial charge on any atom is 0.142 e. The summed E-state index contributed by atoms with van der Waals surface area (Å²) in [6.45, 7) is 12.2. The fraction of sp³-hybridized carbons (Fsp3) is 0.520. The van der Waals surface area contributed by atoms with Gasteiger partial charge in [-0.1, -0.05) is 26.0 Å². The number of nitrogens with zero attached hydrogens (tertiary/aromatic N) is 2. The molecule has 1 aliphatic heterocycles. The number of aromatic hydroxyl groups is 1. The Morgan fingerprint density at radius 3 is 2.39 bits per heavy atom. The number of aryl methyl sites for hydroxylation is 1. The highest BCUT2D eigenvalue weighted by Gasteiger charge is 2.19. The average Bonchev–Trinajstić information content (AvgIpc) is 2.76. The van der Waals surface area contributed by atoms with Gasteiger partial charge in [0, 0.05) is 31.7 Å². The highest BCUT2D eigenvalue weighted by atomic mass is 35.5. The first-order valence-corrected chi connectivity index (χ1v) is 11.1. The van der Waals surface area contributed by atoms with Gasteiger partial charge in [0.1, 0.15) is 17.2 Å². The van der Waals surface area contributed by atoms with Crippen LogP contribution in [0.4, 0.5) is 5.69 Å². The quantitative estimate of drug-likeness (QED) is 0.532. The molecular weight excluding hydrogens is 412 g/mol. The second-order valence-electron chi connectivity index (χ2n) is 8.39. The number of methoxy groups -OCH3 is 1. The number of phenols is 1. The normalized spacial score (nSPS) is 14.4. The predicted octanol–water partition coefficient (Wildman–Crippen LogP) is 5.24. The van der Waals surface area contributed by atoms with E-state index in [-0.39, 0.29) is 12.4 Å². The summed E-state index contributed by atoms with van der Waals surface area (Å²) in [7, 11) is 1.74. The summed E-state index contributed by atoms with van der Waals surface area (Å²) in [5.74, 6) is 2.53. The van der Waals surface area contributed by atoms with Gasteiger partial charge in [-0.3, -0.25) is 4.90 Å². The molecule has 0 spiro atoms. The zero-order valence-electron chi connectivity index (χ0n) is 19.3. The largest absolute Gasteiger partial charge is 0.508 e. The number of anilines is 1. The minimum atomic E-state index is 0. The number of hydrogen-bond donors (Lipinski definition) is 1. The lowest BCUT2D eigenvalue weighted by atomic mass is 10.00. The molecule has 1 aliphatic rings. The summed E-state index contributed by atoms with van der Waals surface area (Å²) in [5.41, 5.74) is 3.13. The van der Waals surface area contributed by atoms with Gasteiger partial charge in [0.25, 0.3) is 0 Å². The Hall–Kier alpha value is -2.11. The van der Waals surface area contributed by atoms with E-state index in [1.807, 2.05) is 31.2 Å². The number of benzene rings is 2. The van der Waals surface area contributed by atoms with Crippen molar-refractivity contribution >= 4 is 18.1 Å². The molecule has 0 bridgehead atoms. The topological polar surface area (TPSA) is 45.2 Å². The van der Waals surface area contributed by atoms with Crippen molar-refractivity contribution < 1.29 is 14.6 Å². The number of hydrogen-bond acceptors (Lipinski definition) is 5. The van der Waals surface area contributed by atoms with E-state index in [9.17, 15) is 5.11 Å². The number of halogens is 1. The van der Waals surface area contributed by atoms with Gasteiger partial charge in [0.2, 0.25) is 0 Å². The van der Waals surface area contributed by atoms with Crippen molar-refractivity contribution in [3.05, 3.63) is 47.5 Å². The van der Waals surface area contributed by atoms with Crippen molar-refractivity contribution in [1.82, 2.24) is 4.90 Å². The van der Waals surface area contributed by atoms with Gasteiger partial charge in [0.05, 0.1) is 19.4 Å². The van der Waals surface area contributed by atoms with Crippen LogP contribution in [0.1, 0.15) is 43.7 Å². The molecule has 0 radical (unpaired) electrons. The molecule has 3 rings (SSSR count). The monoisotopic (exact) mass is 448 g/mol. The van der Waals surface area contributed by atoms with Crippen LogP contribution >= 0.6 is 12.4 Å². The van der Waals surface area contributed by atoms with E-state index < -0.39 is 0 Å². The minimum absolute atomic E-state index is 0. The summed E-state index contributed by atoms with van der Waals surface area (Å²) in [5, 5.41) is 9.98. The SMILES string of the molecule is COc1ccccc1N1CCN(CCCCOc2cc(C)c(O)cc2C(C)C)CC1.Cl. The van der Waals surface area contributed by atoms with Crippen molar-refractivity contribution in [2.24, 2.45) is 0 Å². The first-order valence-electron chi connectivity index (χ1n) is 11.1. The van der Waals surface area contributed by atoms with E-state index >= 15 is 0 Å². The van der Waals surface area contributed by atoms with Crippen molar-refractivity contribution in [2.75, 3.05) is 51.3 Å². The van der Waals surface area contributed by atoms with Gasteiger partial charge in [0.15, 0.2) is 0 Å². The molecular formula is C25H37ClN2O3. The molecule has 6 heteroatoms. The fourth-order valence-electron chi connectivity index (χ4n) is 3.99. The Labute approximate surface area is 193 Å². The Balaban J connectivity index is 0.00000341. The second kappa shape index (κ2) is 12.1. The summed E-state index contributed by atoms with van der Waals surface area (Å²) in [6, 6.07) is 12.1. The van der Waals surface area contributed by atoms with Crippen LogP contribution in [0.3, 0.4) is 0 Å². The number of unbranched alkanes of at least 4 members (excludes halogenated alkanes) is 1. The molecule has 0 saturated carbocycles. The van der Waals surface area contributed by atoms with E-state index in [1.165, 1.54) is 5.69 Å². The molecule has 1 fully saturated rings. The number of rotatable bonds is 9. The molecule has 5 nitrogen and oxygen atoms in total. The Bertz CT molecular complexity index is 820. The van der Waals surface area contributed by atoms with Crippen LogP contribution in [-0.2, 0) is 0 Å². The smallest absolute Gasteiger partial charge is 0.142 e. The third kappa shape index (κ3) is 6.68. The van der Waals surface area contributed by atoms with Gasteiger partial charge in [-0.15, -0.1) is 12.4 Å². The molecule has 31 heavy (non-hydrogen) atoms. The van der Waals surface area contributed by atoms with Crippen LogP contribution in [0.15, 0.2) is 36.4 Å². The maximum atomic E-state index is 9.98. The number of ether oxygens (including phenoxy) is 2. The second-order valence-corrected chi connectivity index (χ2v) is 8.39. The fourth-order valence-corrected chi connectivity index (χ4v) is 3.99. The average molecular weight is 449 g/mol. The first-order chi connectivity index (χ1) is 14.5. The molecule has 1 saturated heterocycles. The van der Waals surface area contributed by atoms with E-state index in [0.29, 0.717) is 18.3 Å². The third-order valence-corrected chi connectivity index (χ3v) is 5.87. The van der Waals surface area contributed by atoms with Gasteiger partial charge in [-0.2, -0.15) is 0 Å². The van der Waals surface area contributed by atoms with Gasteiger partial charge >= 0.3 is 0 Å². The Morgan fingerprint density at radius 1 is 1.00 bits per heavy atom. The van der Waals surface area contributed by atoms with Crippen LogP contribution in [0.5, 0.6) is 17.2 Å². The van der Waals surface area contributed by atoms with Crippen molar-refractivity contribution in [3.63, 3.8) is 0 Å². The highest BCUT2D eigenvalue weighted by molar-refractivity contribution is 5.85. The Morgan fingerprint density at radius 2 is 1.71 bits per heavy atom. The van der Waals surface area contributed by atoms with Gasteiger partial charge in [-0.25, -0.2) is 0 Å². The van der Waals surface area contributed by atoms with Crippen molar-refractivity contribution in [3.8, 4) is 17.2 Å². The van der Waals surface area contributed by atoms with Gasteiger partial charge < -0.3 is 19.5 Å². The number of piperazine rings is 1. The van der Waals surface area contributed by atoms with Crippen LogP contribution in [0.25, 0.3) is 0 Å². The summed E-state index contributed by atoms with van der Waals surface area (Å²) < 4.78 is 11.6. The number of para-hydroxylation sites is 2. The number of phenolic OH excluding ortho intramolecular Hbond substituents is 1. The minimum Gasteiger partial charge on any atom is -0.508 e. The molecule has 2 aromatic carbocycles. The van der Waals surface area contributed by atoms with E-state index in [0.717, 1.165) is 68.2 Å². The van der Waals surface area contributed by atoms with Gasteiger partial charge in [-0.05, 0) is 62.1 Å². The van der Waals surface area contributed by atoms with Crippen LogP contribution in [0, 0.1) is 6.92 Å². The van der Waals surface area contributed by atoms with Crippen LogP contribution in [-0.4, -0.2) is 56.4 Å². The summed E-state index contributed by atoms with van der Waals surface area (Å²) in [6.07, 6.45) is 2.16. The molecule has 0 atom stereocenters. The molecule has 0 amide bonds. The molecule has 0 aromatic heterocycles. The maximum absolute atomic E-state index is 9.98. The highest BCUT2D eigenvalue weighted by Crippen LogP contribution is 2.33. The molecule has 0 unspecified atom stereocenters.